The van der Waals surface area contributed by atoms with Crippen LogP contribution < -0.4 is 5.32 Å². The average molecular weight is 294 g/mol. The van der Waals surface area contributed by atoms with Gasteiger partial charge < -0.3 is 10.2 Å². The molecule has 1 heterocycles. The molecule has 0 radical (unpaired) electrons. The molecule has 21 heavy (non-hydrogen) atoms. The number of carbonyl (C=O) groups is 1. The second kappa shape index (κ2) is 5.83. The van der Waals surface area contributed by atoms with Crippen molar-refractivity contribution in [1.82, 2.24) is 10.2 Å². The molecule has 112 valence electrons. The number of nitro benzene ring substituents is 2. The maximum Gasteiger partial charge on any atom is 0.277 e. The number of benzene rings is 1. The summed E-state index contributed by atoms with van der Waals surface area (Å²) in [7, 11) is 0. The fraction of sp³-hybridized carbons (Fsp3) is 0.417. The number of amides is 1. The lowest BCUT2D eigenvalue weighted by atomic mass is 10.1. The molecule has 0 saturated carbocycles. The number of hydrogen-bond donors (Lipinski definition) is 1. The fourth-order valence-electron chi connectivity index (χ4n) is 2.24. The third-order valence-electron chi connectivity index (χ3n) is 3.33. The molecule has 1 amide bonds. The van der Waals surface area contributed by atoms with E-state index < -0.39 is 27.1 Å². The number of rotatable bonds is 3. The van der Waals surface area contributed by atoms with Crippen LogP contribution in [-0.4, -0.2) is 46.3 Å². The van der Waals surface area contributed by atoms with Crippen LogP contribution in [0, 0.1) is 20.2 Å². The third kappa shape index (κ3) is 3.14. The van der Waals surface area contributed by atoms with Crippen molar-refractivity contribution in [1.29, 1.82) is 0 Å². The van der Waals surface area contributed by atoms with Gasteiger partial charge in [-0.15, -0.1) is 0 Å². The van der Waals surface area contributed by atoms with Crippen molar-refractivity contribution in [2.75, 3.05) is 19.6 Å². The van der Waals surface area contributed by atoms with Crippen molar-refractivity contribution in [3.8, 4) is 0 Å². The van der Waals surface area contributed by atoms with Crippen LogP contribution in [0.2, 0.25) is 0 Å². The molecular weight excluding hydrogens is 280 g/mol. The zero-order chi connectivity index (χ0) is 15.6. The molecule has 1 N–H and O–H groups in total. The van der Waals surface area contributed by atoms with Gasteiger partial charge in [-0.1, -0.05) is 0 Å². The molecule has 0 spiro atoms. The molecule has 1 aromatic rings. The molecular formula is C12H14N4O5. The van der Waals surface area contributed by atoms with Gasteiger partial charge in [0.1, 0.15) is 0 Å². The molecule has 9 heteroatoms. The monoisotopic (exact) mass is 294 g/mol. The molecule has 0 bridgehead atoms. The highest BCUT2D eigenvalue weighted by atomic mass is 16.6. The summed E-state index contributed by atoms with van der Waals surface area (Å²) in [4.78, 5) is 34.2. The quantitative estimate of drug-likeness (QED) is 0.654. The predicted molar refractivity (Wildman–Crippen MR) is 73.1 cm³/mol. The van der Waals surface area contributed by atoms with Crippen LogP contribution in [0.4, 0.5) is 11.4 Å². The van der Waals surface area contributed by atoms with Gasteiger partial charge in [0.25, 0.3) is 17.3 Å². The van der Waals surface area contributed by atoms with E-state index in [2.05, 4.69) is 5.32 Å². The molecule has 0 aromatic heterocycles. The first-order chi connectivity index (χ1) is 9.90. The summed E-state index contributed by atoms with van der Waals surface area (Å²) in [6.07, 6.45) is 0. The van der Waals surface area contributed by atoms with Gasteiger partial charge in [0.15, 0.2) is 0 Å². The van der Waals surface area contributed by atoms with Crippen LogP contribution in [0.5, 0.6) is 0 Å². The van der Waals surface area contributed by atoms with E-state index >= 15 is 0 Å². The van der Waals surface area contributed by atoms with Crippen molar-refractivity contribution in [2.45, 2.75) is 13.0 Å². The van der Waals surface area contributed by atoms with E-state index in [-0.39, 0.29) is 11.6 Å². The van der Waals surface area contributed by atoms with Crippen LogP contribution in [-0.2, 0) is 0 Å². The number of nitro groups is 2. The topological polar surface area (TPSA) is 119 Å². The second-order valence-corrected chi connectivity index (χ2v) is 4.80. The zero-order valence-corrected chi connectivity index (χ0v) is 11.3. The number of non-ortho nitro benzene ring substituents is 2. The van der Waals surface area contributed by atoms with Gasteiger partial charge in [-0.25, -0.2) is 0 Å². The van der Waals surface area contributed by atoms with Gasteiger partial charge >= 0.3 is 0 Å². The van der Waals surface area contributed by atoms with E-state index in [0.717, 1.165) is 18.2 Å². The van der Waals surface area contributed by atoms with Crippen molar-refractivity contribution < 1.29 is 14.6 Å². The maximum atomic E-state index is 12.4. The number of nitrogens with zero attached hydrogens (tertiary/aromatic N) is 3. The Morgan fingerprint density at radius 1 is 1.24 bits per heavy atom. The summed E-state index contributed by atoms with van der Waals surface area (Å²) in [5.41, 5.74) is -0.963. The number of hydrogen-bond acceptors (Lipinski definition) is 6. The minimum Gasteiger partial charge on any atom is -0.333 e. The highest BCUT2D eigenvalue weighted by Gasteiger charge is 2.27. The van der Waals surface area contributed by atoms with Crippen LogP contribution >= 0.6 is 0 Å². The molecule has 1 aliphatic rings. The Morgan fingerprint density at radius 3 is 2.29 bits per heavy atom. The normalized spacial score (nSPS) is 18.3. The van der Waals surface area contributed by atoms with Crippen molar-refractivity contribution in [2.24, 2.45) is 0 Å². The third-order valence-corrected chi connectivity index (χ3v) is 3.33. The van der Waals surface area contributed by atoms with Crippen molar-refractivity contribution in [3.63, 3.8) is 0 Å². The minimum absolute atomic E-state index is 0.0374. The van der Waals surface area contributed by atoms with E-state index in [9.17, 15) is 25.0 Å². The highest BCUT2D eigenvalue weighted by molar-refractivity contribution is 5.96. The molecule has 1 aromatic carbocycles. The number of piperazine rings is 1. The first kappa shape index (κ1) is 14.9. The molecule has 1 aliphatic heterocycles. The Kier molecular flexibility index (Phi) is 4.13. The summed E-state index contributed by atoms with van der Waals surface area (Å²) in [5, 5.41) is 24.8. The summed E-state index contributed by atoms with van der Waals surface area (Å²) in [5.74, 6) is -0.434. The molecule has 1 saturated heterocycles. The first-order valence-corrected chi connectivity index (χ1v) is 6.35. The van der Waals surface area contributed by atoms with Gasteiger partial charge in [-0.05, 0) is 6.92 Å². The van der Waals surface area contributed by atoms with Crippen LogP contribution in [0.3, 0.4) is 0 Å². The standard InChI is InChI=1S/C12H14N4O5/c1-8-7-13-2-3-14(8)12(17)9-4-10(15(18)19)6-11(5-9)16(20)21/h4-6,8,13H,2-3,7H2,1H3/t8-/m0/s1. The smallest absolute Gasteiger partial charge is 0.277 e. The Labute approximate surface area is 119 Å². The van der Waals surface area contributed by atoms with E-state index in [4.69, 9.17) is 0 Å². The Bertz CT molecular complexity index is 571. The van der Waals surface area contributed by atoms with E-state index in [1.807, 2.05) is 6.92 Å². The zero-order valence-electron chi connectivity index (χ0n) is 11.3. The largest absolute Gasteiger partial charge is 0.333 e. The van der Waals surface area contributed by atoms with Gasteiger partial charge in [0.05, 0.1) is 21.5 Å². The summed E-state index contributed by atoms with van der Waals surface area (Å²) < 4.78 is 0. The SMILES string of the molecule is C[C@H]1CNCCN1C(=O)c1cc([N+](=O)[O-])cc([N+](=O)[O-])c1. The molecule has 0 aliphatic carbocycles. The highest BCUT2D eigenvalue weighted by Crippen LogP contribution is 2.24. The van der Waals surface area contributed by atoms with Crippen LogP contribution in [0.25, 0.3) is 0 Å². The second-order valence-electron chi connectivity index (χ2n) is 4.80. The maximum absolute atomic E-state index is 12.4. The summed E-state index contributed by atoms with van der Waals surface area (Å²) in [6, 6.07) is 2.91. The van der Waals surface area contributed by atoms with Gasteiger partial charge in [-0.2, -0.15) is 0 Å². The lowest BCUT2D eigenvalue weighted by Crippen LogP contribution is -2.52. The molecule has 1 fully saturated rings. The van der Waals surface area contributed by atoms with Gasteiger partial charge in [-0.3, -0.25) is 25.0 Å². The summed E-state index contributed by atoms with van der Waals surface area (Å²) >= 11 is 0. The van der Waals surface area contributed by atoms with Crippen molar-refractivity contribution >= 4 is 17.3 Å². The minimum atomic E-state index is -0.745. The lowest BCUT2D eigenvalue weighted by Gasteiger charge is -2.33. The number of nitrogens with one attached hydrogen (secondary N) is 1. The van der Waals surface area contributed by atoms with E-state index in [0.29, 0.717) is 19.6 Å². The van der Waals surface area contributed by atoms with Crippen LogP contribution in [0.15, 0.2) is 18.2 Å². The van der Waals surface area contributed by atoms with Gasteiger partial charge in [0, 0.05) is 37.8 Å². The Balaban J connectivity index is 2.39. The summed E-state index contributed by atoms with van der Waals surface area (Å²) in [6.45, 7) is 3.53. The van der Waals surface area contributed by atoms with E-state index in [1.165, 1.54) is 0 Å². The van der Waals surface area contributed by atoms with Crippen LogP contribution in [0.1, 0.15) is 17.3 Å². The Hall–Kier alpha value is -2.55. The predicted octanol–water partition coefficient (Wildman–Crippen LogP) is 0.937. The molecule has 9 nitrogen and oxygen atoms in total. The van der Waals surface area contributed by atoms with Gasteiger partial charge in [0.2, 0.25) is 0 Å². The fourth-order valence-corrected chi connectivity index (χ4v) is 2.24. The van der Waals surface area contributed by atoms with E-state index in [1.54, 1.807) is 4.90 Å². The lowest BCUT2D eigenvalue weighted by molar-refractivity contribution is -0.394. The first-order valence-electron chi connectivity index (χ1n) is 6.35. The molecule has 2 rings (SSSR count). The average Bonchev–Trinajstić information content (AvgIpc) is 2.46. The number of carbonyl (C=O) groups excluding carboxylic acids is 1. The Morgan fingerprint density at radius 2 is 1.81 bits per heavy atom. The van der Waals surface area contributed by atoms with Crippen molar-refractivity contribution in [3.05, 3.63) is 44.0 Å². The molecule has 0 unspecified atom stereocenters. The molecule has 1 atom stereocenters.